The topological polar surface area (TPSA) is 50.7 Å². The number of rotatable bonds is 3. The van der Waals surface area contributed by atoms with Crippen LogP contribution in [0.4, 0.5) is 4.79 Å². The van der Waals surface area contributed by atoms with E-state index in [0.29, 0.717) is 6.61 Å². The SMILES string of the molecule is CCOc1c(Br)cc(C2NC(=O)N=C3c4ccccc4CCC32)cc1Br. The van der Waals surface area contributed by atoms with E-state index in [4.69, 9.17) is 4.74 Å². The van der Waals surface area contributed by atoms with E-state index in [-0.39, 0.29) is 18.0 Å². The van der Waals surface area contributed by atoms with Crippen molar-refractivity contribution in [3.05, 3.63) is 62.0 Å². The van der Waals surface area contributed by atoms with Crippen molar-refractivity contribution in [3.8, 4) is 5.75 Å². The van der Waals surface area contributed by atoms with Crippen molar-refractivity contribution in [1.82, 2.24) is 5.32 Å². The molecule has 0 radical (unpaired) electrons. The minimum atomic E-state index is -0.279. The van der Waals surface area contributed by atoms with Crippen LogP contribution in [0.3, 0.4) is 0 Å². The van der Waals surface area contributed by atoms with Gasteiger partial charge in [-0.1, -0.05) is 24.3 Å². The average Bonchev–Trinajstić information content (AvgIpc) is 2.63. The average molecular weight is 478 g/mol. The van der Waals surface area contributed by atoms with Gasteiger partial charge in [-0.15, -0.1) is 0 Å². The highest BCUT2D eigenvalue weighted by molar-refractivity contribution is 9.11. The Morgan fingerprint density at radius 2 is 1.96 bits per heavy atom. The molecule has 0 saturated carbocycles. The van der Waals surface area contributed by atoms with Crippen LogP contribution in [-0.4, -0.2) is 18.3 Å². The molecule has 2 aromatic rings. The predicted molar refractivity (Wildman–Crippen MR) is 109 cm³/mol. The molecule has 2 aliphatic rings. The summed E-state index contributed by atoms with van der Waals surface area (Å²) in [5, 5.41) is 3.06. The third kappa shape index (κ3) is 3.09. The van der Waals surface area contributed by atoms with Gasteiger partial charge in [-0.25, -0.2) is 4.79 Å². The van der Waals surface area contributed by atoms with E-state index in [1.165, 1.54) is 5.56 Å². The maximum Gasteiger partial charge on any atom is 0.341 e. The number of nitrogens with one attached hydrogen (secondary N) is 1. The molecular weight excluding hydrogens is 460 g/mol. The van der Waals surface area contributed by atoms with Crippen LogP contribution in [0.1, 0.15) is 36.1 Å². The van der Waals surface area contributed by atoms with Gasteiger partial charge in [0.25, 0.3) is 0 Å². The number of aliphatic imine (C=N–C) groups is 1. The fourth-order valence-electron chi connectivity index (χ4n) is 3.84. The first-order valence-electron chi connectivity index (χ1n) is 8.67. The van der Waals surface area contributed by atoms with E-state index in [1.807, 2.05) is 31.2 Å². The van der Waals surface area contributed by atoms with Crippen LogP contribution < -0.4 is 10.1 Å². The van der Waals surface area contributed by atoms with Gasteiger partial charge in [0.1, 0.15) is 5.75 Å². The zero-order valence-corrected chi connectivity index (χ0v) is 17.4. The molecule has 0 spiro atoms. The highest BCUT2D eigenvalue weighted by Crippen LogP contribution is 2.41. The van der Waals surface area contributed by atoms with Crippen LogP contribution in [0, 0.1) is 5.92 Å². The molecule has 2 atom stereocenters. The van der Waals surface area contributed by atoms with Gasteiger partial charge in [0.15, 0.2) is 0 Å². The summed E-state index contributed by atoms with van der Waals surface area (Å²) >= 11 is 7.19. The van der Waals surface area contributed by atoms with E-state index in [1.54, 1.807) is 0 Å². The number of benzene rings is 2. The summed E-state index contributed by atoms with van der Waals surface area (Å²) in [6.07, 6.45) is 1.95. The normalized spacial score (nSPS) is 21.3. The van der Waals surface area contributed by atoms with Gasteiger partial charge in [-0.05, 0) is 80.4 Å². The third-order valence-corrected chi connectivity index (χ3v) is 6.12. The second kappa shape index (κ2) is 7.16. The van der Waals surface area contributed by atoms with Crippen LogP contribution in [-0.2, 0) is 6.42 Å². The first-order valence-corrected chi connectivity index (χ1v) is 10.3. The maximum absolute atomic E-state index is 12.3. The van der Waals surface area contributed by atoms with Gasteiger partial charge >= 0.3 is 6.03 Å². The Morgan fingerprint density at radius 3 is 2.69 bits per heavy atom. The number of hydrogen-bond donors (Lipinski definition) is 1. The van der Waals surface area contributed by atoms with Crippen LogP contribution in [0.2, 0.25) is 0 Å². The quantitative estimate of drug-likeness (QED) is 0.641. The lowest BCUT2D eigenvalue weighted by molar-refractivity contribution is 0.239. The maximum atomic E-state index is 12.3. The van der Waals surface area contributed by atoms with E-state index in [2.05, 4.69) is 54.3 Å². The van der Waals surface area contributed by atoms with Crippen LogP contribution in [0.5, 0.6) is 5.75 Å². The molecule has 6 heteroatoms. The molecule has 26 heavy (non-hydrogen) atoms. The number of carbonyl (C=O) groups is 1. The Balaban J connectivity index is 1.76. The van der Waals surface area contributed by atoms with Crippen LogP contribution in [0.15, 0.2) is 50.3 Å². The molecule has 134 valence electrons. The number of amides is 2. The lowest BCUT2D eigenvalue weighted by Gasteiger charge is -2.36. The number of fused-ring (bicyclic) bond motifs is 3. The third-order valence-electron chi connectivity index (χ3n) is 4.94. The van der Waals surface area contributed by atoms with Gasteiger partial charge in [0.2, 0.25) is 0 Å². The monoisotopic (exact) mass is 476 g/mol. The molecule has 4 nitrogen and oxygen atoms in total. The summed E-state index contributed by atoms with van der Waals surface area (Å²) in [6.45, 7) is 2.54. The smallest absolute Gasteiger partial charge is 0.341 e. The molecule has 1 aliphatic carbocycles. The number of nitrogens with zero attached hydrogens (tertiary/aromatic N) is 1. The van der Waals surface area contributed by atoms with E-state index in [9.17, 15) is 4.79 Å². The second-order valence-electron chi connectivity index (χ2n) is 6.47. The van der Waals surface area contributed by atoms with Crippen molar-refractivity contribution in [2.24, 2.45) is 10.9 Å². The van der Waals surface area contributed by atoms with Crippen molar-refractivity contribution < 1.29 is 9.53 Å². The largest absolute Gasteiger partial charge is 0.492 e. The lowest BCUT2D eigenvalue weighted by Crippen LogP contribution is -2.43. The summed E-state index contributed by atoms with van der Waals surface area (Å²) in [5.41, 5.74) is 4.32. The molecule has 0 saturated heterocycles. The van der Waals surface area contributed by atoms with Crippen molar-refractivity contribution >= 4 is 43.6 Å². The van der Waals surface area contributed by atoms with Gasteiger partial charge in [-0.2, -0.15) is 4.99 Å². The highest BCUT2D eigenvalue weighted by Gasteiger charge is 2.37. The molecule has 4 rings (SSSR count). The summed E-state index contributed by atoms with van der Waals surface area (Å²) in [6, 6.07) is 11.9. The first kappa shape index (κ1) is 17.7. The molecule has 0 bridgehead atoms. The highest BCUT2D eigenvalue weighted by atomic mass is 79.9. The fourth-order valence-corrected chi connectivity index (χ4v) is 5.29. The van der Waals surface area contributed by atoms with E-state index < -0.39 is 0 Å². The molecular formula is C20H18Br2N2O2. The minimum Gasteiger partial charge on any atom is -0.492 e. The molecule has 1 N–H and O–H groups in total. The zero-order chi connectivity index (χ0) is 18.3. The lowest BCUT2D eigenvalue weighted by atomic mass is 9.75. The molecule has 1 aliphatic heterocycles. The Bertz CT molecular complexity index is 887. The Labute approximate surface area is 169 Å². The molecule has 1 heterocycles. The van der Waals surface area contributed by atoms with Crippen molar-refractivity contribution in [1.29, 1.82) is 0 Å². The number of halogens is 2. The fraction of sp³-hybridized carbons (Fsp3) is 0.300. The Hall–Kier alpha value is -1.66. The number of ether oxygens (including phenoxy) is 1. The molecule has 0 aromatic heterocycles. The van der Waals surface area contributed by atoms with Gasteiger partial charge in [-0.3, -0.25) is 0 Å². The molecule has 2 amide bonds. The van der Waals surface area contributed by atoms with Gasteiger partial charge in [0, 0.05) is 5.92 Å². The Morgan fingerprint density at radius 1 is 1.23 bits per heavy atom. The molecule has 0 fully saturated rings. The van der Waals surface area contributed by atoms with Crippen LogP contribution in [0.25, 0.3) is 0 Å². The molecule has 2 aromatic carbocycles. The number of urea groups is 1. The summed E-state index contributed by atoms with van der Waals surface area (Å²) in [4.78, 5) is 16.6. The number of carbonyl (C=O) groups excluding carboxylic acids is 1. The Kier molecular flexibility index (Phi) is 4.88. The zero-order valence-electron chi connectivity index (χ0n) is 14.3. The van der Waals surface area contributed by atoms with Crippen molar-refractivity contribution in [2.45, 2.75) is 25.8 Å². The van der Waals surface area contributed by atoms with Crippen LogP contribution >= 0.6 is 31.9 Å². The minimum absolute atomic E-state index is 0.105. The predicted octanol–water partition coefficient (Wildman–Crippen LogP) is 5.43. The van der Waals surface area contributed by atoms with Gasteiger partial charge < -0.3 is 10.1 Å². The van der Waals surface area contributed by atoms with E-state index in [0.717, 1.165) is 44.4 Å². The van der Waals surface area contributed by atoms with Crippen molar-refractivity contribution in [2.75, 3.05) is 6.61 Å². The van der Waals surface area contributed by atoms with Crippen molar-refractivity contribution in [3.63, 3.8) is 0 Å². The number of aryl methyl sites for hydroxylation is 1. The summed E-state index contributed by atoms with van der Waals surface area (Å²) in [5.74, 6) is 0.945. The van der Waals surface area contributed by atoms with Gasteiger partial charge in [0.05, 0.1) is 27.3 Å². The van der Waals surface area contributed by atoms with E-state index >= 15 is 0 Å². The first-order chi connectivity index (χ1) is 12.6. The number of hydrogen-bond acceptors (Lipinski definition) is 2. The second-order valence-corrected chi connectivity index (χ2v) is 8.18. The standard InChI is InChI=1S/C20H18Br2N2O2/c1-2-26-19-15(21)9-12(10-16(19)22)17-14-8-7-11-5-3-4-6-13(11)18(14)24-20(25)23-17/h3-6,9-10,14,17H,2,7-8H2,1H3,(H,23,25). The molecule has 2 unspecified atom stereocenters. The summed E-state index contributed by atoms with van der Waals surface area (Å²) in [7, 11) is 0. The summed E-state index contributed by atoms with van der Waals surface area (Å²) < 4.78 is 7.43.